The Morgan fingerprint density at radius 1 is 1.13 bits per heavy atom. The predicted molar refractivity (Wildman–Crippen MR) is 112 cm³/mol. The third kappa shape index (κ3) is 4.93. The Morgan fingerprint density at radius 2 is 1.90 bits per heavy atom. The number of benzene rings is 2. The summed E-state index contributed by atoms with van der Waals surface area (Å²) in [5.41, 5.74) is 0.516. The first-order valence-corrected chi connectivity index (χ1v) is 11.5. The topological polar surface area (TPSA) is 129 Å². The molecule has 31 heavy (non-hydrogen) atoms. The Kier molecular flexibility index (Phi) is 6.02. The standard InChI is InChI=1S/C19H18N4O6S2/c1-2-27-13-4-6-14(7-5-13)31(25,26)20-10-17-22-23-19(30-17)18(24)21-12-3-8-15-16(9-12)29-11-28-15/h3-9,20H,2,10-11H2,1H3,(H,21,24). The fourth-order valence-electron chi connectivity index (χ4n) is 2.70. The van der Waals surface area contributed by atoms with Crippen molar-refractivity contribution in [3.63, 3.8) is 0 Å². The highest BCUT2D eigenvalue weighted by atomic mass is 32.2. The SMILES string of the molecule is CCOc1ccc(S(=O)(=O)NCc2nnc(C(=O)Nc3ccc4c(c3)OCO4)s2)cc1. The smallest absolute Gasteiger partial charge is 0.286 e. The molecule has 2 heterocycles. The quantitative estimate of drug-likeness (QED) is 0.522. The van der Waals surface area contributed by atoms with E-state index in [-0.39, 0.29) is 23.2 Å². The summed E-state index contributed by atoms with van der Waals surface area (Å²) in [4.78, 5) is 12.5. The summed E-state index contributed by atoms with van der Waals surface area (Å²) in [6.07, 6.45) is 0. The normalized spacial score (nSPS) is 12.5. The van der Waals surface area contributed by atoms with Crippen LogP contribution in [0.25, 0.3) is 0 Å². The molecule has 162 valence electrons. The summed E-state index contributed by atoms with van der Waals surface area (Å²) in [7, 11) is -3.75. The number of hydrogen-bond acceptors (Lipinski definition) is 9. The Morgan fingerprint density at radius 3 is 2.68 bits per heavy atom. The maximum Gasteiger partial charge on any atom is 0.286 e. The average Bonchev–Trinajstić information content (AvgIpc) is 3.42. The first-order valence-electron chi connectivity index (χ1n) is 9.20. The molecule has 1 aliphatic rings. The van der Waals surface area contributed by atoms with Crippen LogP contribution in [0.5, 0.6) is 17.2 Å². The molecule has 2 aromatic carbocycles. The van der Waals surface area contributed by atoms with Crippen molar-refractivity contribution in [3.05, 3.63) is 52.5 Å². The van der Waals surface area contributed by atoms with Gasteiger partial charge in [-0.15, -0.1) is 10.2 Å². The molecule has 0 radical (unpaired) electrons. The zero-order valence-corrected chi connectivity index (χ0v) is 18.0. The van der Waals surface area contributed by atoms with Crippen LogP contribution >= 0.6 is 11.3 Å². The van der Waals surface area contributed by atoms with Crippen molar-refractivity contribution in [1.82, 2.24) is 14.9 Å². The van der Waals surface area contributed by atoms with E-state index in [1.54, 1.807) is 30.3 Å². The fraction of sp³-hybridized carbons (Fsp3) is 0.211. The van der Waals surface area contributed by atoms with Gasteiger partial charge >= 0.3 is 0 Å². The second-order valence-corrected chi connectivity index (χ2v) is 9.08. The average molecular weight is 463 g/mol. The molecule has 0 saturated heterocycles. The minimum Gasteiger partial charge on any atom is -0.494 e. The lowest BCUT2D eigenvalue weighted by Gasteiger charge is -2.07. The largest absolute Gasteiger partial charge is 0.494 e. The monoisotopic (exact) mass is 462 g/mol. The van der Waals surface area contributed by atoms with Gasteiger partial charge in [-0.2, -0.15) is 0 Å². The number of aromatic nitrogens is 2. The van der Waals surface area contributed by atoms with Crippen LogP contribution < -0.4 is 24.2 Å². The van der Waals surface area contributed by atoms with Gasteiger partial charge in [0.05, 0.1) is 18.0 Å². The van der Waals surface area contributed by atoms with E-state index in [4.69, 9.17) is 14.2 Å². The van der Waals surface area contributed by atoms with Gasteiger partial charge in [0, 0.05) is 11.8 Å². The van der Waals surface area contributed by atoms with Crippen LogP contribution in [0.15, 0.2) is 47.4 Å². The lowest BCUT2D eigenvalue weighted by Crippen LogP contribution is -2.23. The summed E-state index contributed by atoms with van der Waals surface area (Å²) in [5, 5.41) is 10.9. The molecule has 10 nitrogen and oxygen atoms in total. The highest BCUT2D eigenvalue weighted by Crippen LogP contribution is 2.34. The molecule has 12 heteroatoms. The van der Waals surface area contributed by atoms with E-state index in [0.717, 1.165) is 11.3 Å². The Labute approximate surface area is 182 Å². The molecule has 0 spiro atoms. The maximum absolute atomic E-state index is 12.5. The Balaban J connectivity index is 1.36. The van der Waals surface area contributed by atoms with Crippen LogP contribution in [0.2, 0.25) is 0 Å². The molecular formula is C19H18N4O6S2. The lowest BCUT2D eigenvalue weighted by molar-refractivity contribution is 0.102. The van der Waals surface area contributed by atoms with E-state index in [1.165, 1.54) is 12.1 Å². The minimum absolute atomic E-state index is 0.0927. The van der Waals surface area contributed by atoms with Crippen molar-refractivity contribution in [2.45, 2.75) is 18.4 Å². The summed E-state index contributed by atoms with van der Waals surface area (Å²) in [5.74, 6) is 1.27. The van der Waals surface area contributed by atoms with Crippen molar-refractivity contribution in [2.75, 3.05) is 18.7 Å². The number of carbonyl (C=O) groups excluding carboxylic acids is 1. The van der Waals surface area contributed by atoms with Crippen molar-refractivity contribution in [3.8, 4) is 17.2 Å². The molecule has 1 aromatic heterocycles. The zero-order valence-electron chi connectivity index (χ0n) is 16.3. The molecule has 1 aliphatic heterocycles. The van der Waals surface area contributed by atoms with Gasteiger partial charge in [-0.3, -0.25) is 4.79 Å². The van der Waals surface area contributed by atoms with Crippen molar-refractivity contribution < 1.29 is 27.4 Å². The summed E-state index contributed by atoms with van der Waals surface area (Å²) in [6, 6.07) is 11.1. The van der Waals surface area contributed by atoms with Gasteiger partial charge in [0.2, 0.25) is 21.8 Å². The molecule has 0 fully saturated rings. The molecule has 0 unspecified atom stereocenters. The molecule has 0 aliphatic carbocycles. The summed E-state index contributed by atoms with van der Waals surface area (Å²) < 4.78 is 43.2. The van der Waals surface area contributed by atoms with Gasteiger partial charge in [-0.05, 0) is 43.3 Å². The van der Waals surface area contributed by atoms with Gasteiger partial charge in [0.1, 0.15) is 10.8 Å². The molecule has 0 saturated carbocycles. The number of amides is 1. The number of nitrogens with zero attached hydrogens (tertiary/aromatic N) is 2. The van der Waals surface area contributed by atoms with Crippen molar-refractivity contribution >= 4 is 33.0 Å². The molecule has 3 aromatic rings. The second-order valence-electron chi connectivity index (χ2n) is 6.25. The molecular weight excluding hydrogens is 444 g/mol. The third-order valence-corrected chi connectivity index (χ3v) is 6.49. The van der Waals surface area contributed by atoms with Crippen LogP contribution in [0.3, 0.4) is 0 Å². The molecule has 1 amide bonds. The van der Waals surface area contributed by atoms with Crippen LogP contribution in [0.4, 0.5) is 5.69 Å². The van der Waals surface area contributed by atoms with Gasteiger partial charge in [0.25, 0.3) is 5.91 Å². The third-order valence-electron chi connectivity index (χ3n) is 4.15. The maximum atomic E-state index is 12.5. The summed E-state index contributed by atoms with van der Waals surface area (Å²) in [6.45, 7) is 2.38. The van der Waals surface area contributed by atoms with E-state index in [2.05, 4.69) is 20.2 Å². The number of sulfonamides is 1. The van der Waals surface area contributed by atoms with Crippen LogP contribution in [-0.4, -0.2) is 37.9 Å². The molecule has 4 rings (SSSR count). The number of fused-ring (bicyclic) bond motifs is 1. The van der Waals surface area contributed by atoms with Crippen LogP contribution in [-0.2, 0) is 16.6 Å². The lowest BCUT2D eigenvalue weighted by atomic mass is 10.3. The van der Waals surface area contributed by atoms with Gasteiger partial charge < -0.3 is 19.5 Å². The van der Waals surface area contributed by atoms with Crippen molar-refractivity contribution in [1.29, 1.82) is 0 Å². The van der Waals surface area contributed by atoms with Crippen LogP contribution in [0, 0.1) is 0 Å². The van der Waals surface area contributed by atoms with Gasteiger partial charge in [-0.1, -0.05) is 11.3 Å². The van der Waals surface area contributed by atoms with E-state index < -0.39 is 15.9 Å². The summed E-state index contributed by atoms with van der Waals surface area (Å²) >= 11 is 0.993. The number of hydrogen-bond donors (Lipinski definition) is 2. The first kappa shape index (κ1) is 21.0. The molecule has 0 bridgehead atoms. The van der Waals surface area contributed by atoms with Gasteiger partial charge in [0.15, 0.2) is 11.5 Å². The van der Waals surface area contributed by atoms with E-state index in [0.29, 0.717) is 34.6 Å². The minimum atomic E-state index is -3.75. The fourth-order valence-corrected chi connectivity index (χ4v) is 4.45. The Hall–Kier alpha value is -3.22. The highest BCUT2D eigenvalue weighted by Gasteiger charge is 2.19. The predicted octanol–water partition coefficient (Wildman–Crippen LogP) is 2.40. The number of rotatable bonds is 8. The van der Waals surface area contributed by atoms with E-state index in [9.17, 15) is 13.2 Å². The molecule has 2 N–H and O–H groups in total. The zero-order chi connectivity index (χ0) is 21.8. The Bertz CT molecular complexity index is 1190. The number of carbonyl (C=O) groups is 1. The van der Waals surface area contributed by atoms with E-state index >= 15 is 0 Å². The van der Waals surface area contributed by atoms with Gasteiger partial charge in [-0.25, -0.2) is 13.1 Å². The highest BCUT2D eigenvalue weighted by molar-refractivity contribution is 7.89. The second kappa shape index (κ2) is 8.88. The number of nitrogens with one attached hydrogen (secondary N) is 2. The molecule has 0 atom stereocenters. The van der Waals surface area contributed by atoms with Crippen LogP contribution in [0.1, 0.15) is 21.7 Å². The van der Waals surface area contributed by atoms with E-state index in [1.807, 2.05) is 6.92 Å². The number of anilines is 1. The first-order chi connectivity index (χ1) is 14.9. The van der Waals surface area contributed by atoms with Crippen molar-refractivity contribution in [2.24, 2.45) is 0 Å². The number of ether oxygens (including phenoxy) is 3.